The normalized spacial score (nSPS) is 12.6. The number of halogens is 1. The Labute approximate surface area is 181 Å². The average molecular weight is 420 g/mol. The predicted octanol–water partition coefficient (Wildman–Crippen LogP) is 4.45. The SMILES string of the molecule is Cc1ccc(C(NC(=O)CC(NC(N)=O)c2ccccc2F)c2ccccc2)cc1C. The van der Waals surface area contributed by atoms with Crippen LogP contribution in [-0.4, -0.2) is 11.9 Å². The molecule has 5 nitrogen and oxygen atoms in total. The van der Waals surface area contributed by atoms with Crippen molar-refractivity contribution in [3.63, 3.8) is 0 Å². The summed E-state index contributed by atoms with van der Waals surface area (Å²) >= 11 is 0. The first-order valence-corrected chi connectivity index (χ1v) is 10.1. The molecule has 0 heterocycles. The molecule has 6 heteroatoms. The van der Waals surface area contributed by atoms with E-state index in [1.165, 1.54) is 12.1 Å². The molecule has 2 atom stereocenters. The van der Waals surface area contributed by atoms with Crippen LogP contribution in [0.1, 0.15) is 46.3 Å². The Kier molecular flexibility index (Phi) is 7.03. The first-order valence-electron chi connectivity index (χ1n) is 10.1. The van der Waals surface area contributed by atoms with Gasteiger partial charge in [0.1, 0.15) is 5.82 Å². The van der Waals surface area contributed by atoms with Gasteiger partial charge in [-0.3, -0.25) is 4.79 Å². The number of urea groups is 1. The Hall–Kier alpha value is -3.67. The van der Waals surface area contributed by atoms with Gasteiger partial charge in [-0.25, -0.2) is 9.18 Å². The van der Waals surface area contributed by atoms with E-state index in [1.54, 1.807) is 12.1 Å². The molecule has 0 fully saturated rings. The number of hydrogen-bond donors (Lipinski definition) is 3. The van der Waals surface area contributed by atoms with E-state index in [4.69, 9.17) is 5.73 Å². The zero-order chi connectivity index (χ0) is 22.4. The largest absolute Gasteiger partial charge is 0.352 e. The molecule has 31 heavy (non-hydrogen) atoms. The molecular weight excluding hydrogens is 393 g/mol. The minimum absolute atomic E-state index is 0.155. The van der Waals surface area contributed by atoms with Crippen molar-refractivity contribution in [2.45, 2.75) is 32.4 Å². The second-order valence-electron chi connectivity index (χ2n) is 7.54. The van der Waals surface area contributed by atoms with E-state index in [0.717, 1.165) is 22.3 Å². The predicted molar refractivity (Wildman–Crippen MR) is 119 cm³/mol. The summed E-state index contributed by atoms with van der Waals surface area (Å²) in [6.45, 7) is 4.05. The molecule has 3 aromatic carbocycles. The number of carbonyl (C=O) groups excluding carboxylic acids is 2. The lowest BCUT2D eigenvalue weighted by atomic mass is 9.95. The van der Waals surface area contributed by atoms with Crippen LogP contribution in [0.5, 0.6) is 0 Å². The fourth-order valence-electron chi connectivity index (χ4n) is 3.52. The van der Waals surface area contributed by atoms with Crippen LogP contribution in [0.4, 0.5) is 9.18 Å². The van der Waals surface area contributed by atoms with Crippen LogP contribution in [0, 0.1) is 19.7 Å². The number of benzene rings is 3. The molecule has 0 saturated carbocycles. The van der Waals surface area contributed by atoms with E-state index in [1.807, 2.05) is 62.4 Å². The van der Waals surface area contributed by atoms with Crippen LogP contribution in [-0.2, 0) is 4.79 Å². The van der Waals surface area contributed by atoms with Gasteiger partial charge in [0, 0.05) is 5.56 Å². The Balaban J connectivity index is 1.87. The van der Waals surface area contributed by atoms with Gasteiger partial charge in [0.05, 0.1) is 18.5 Å². The number of amides is 3. The van der Waals surface area contributed by atoms with E-state index < -0.39 is 17.9 Å². The molecule has 0 saturated heterocycles. The van der Waals surface area contributed by atoms with Crippen LogP contribution in [0.2, 0.25) is 0 Å². The highest BCUT2D eigenvalue weighted by Gasteiger charge is 2.23. The number of hydrogen-bond acceptors (Lipinski definition) is 2. The Morgan fingerprint density at radius 3 is 2.19 bits per heavy atom. The summed E-state index contributed by atoms with van der Waals surface area (Å²) in [5, 5.41) is 5.51. The van der Waals surface area contributed by atoms with Crippen LogP contribution >= 0.6 is 0 Å². The minimum Gasteiger partial charge on any atom is -0.352 e. The molecule has 0 radical (unpaired) electrons. The number of nitrogens with two attached hydrogens (primary N) is 1. The third-order valence-corrected chi connectivity index (χ3v) is 5.29. The summed E-state index contributed by atoms with van der Waals surface area (Å²) in [4.78, 5) is 24.5. The first kappa shape index (κ1) is 22.0. The van der Waals surface area contributed by atoms with Crippen molar-refractivity contribution in [1.29, 1.82) is 0 Å². The van der Waals surface area contributed by atoms with Crippen LogP contribution < -0.4 is 16.4 Å². The van der Waals surface area contributed by atoms with E-state index in [9.17, 15) is 14.0 Å². The number of aryl methyl sites for hydroxylation is 2. The third kappa shape index (κ3) is 5.69. The fourth-order valence-corrected chi connectivity index (χ4v) is 3.52. The molecule has 0 aliphatic carbocycles. The molecule has 3 aromatic rings. The smallest absolute Gasteiger partial charge is 0.312 e. The monoisotopic (exact) mass is 419 g/mol. The van der Waals surface area contributed by atoms with Crippen LogP contribution in [0.25, 0.3) is 0 Å². The van der Waals surface area contributed by atoms with Crippen molar-refractivity contribution in [2.75, 3.05) is 0 Å². The molecule has 4 N–H and O–H groups in total. The van der Waals surface area contributed by atoms with Gasteiger partial charge in [-0.05, 0) is 42.2 Å². The highest BCUT2D eigenvalue weighted by Crippen LogP contribution is 2.26. The summed E-state index contributed by atoms with van der Waals surface area (Å²) < 4.78 is 14.3. The summed E-state index contributed by atoms with van der Waals surface area (Å²) in [5.41, 5.74) is 9.61. The highest BCUT2D eigenvalue weighted by molar-refractivity contribution is 5.79. The van der Waals surface area contributed by atoms with Crippen LogP contribution in [0.15, 0.2) is 72.8 Å². The maximum absolute atomic E-state index is 14.3. The lowest BCUT2D eigenvalue weighted by molar-refractivity contribution is -0.122. The van der Waals surface area contributed by atoms with Crippen molar-refractivity contribution in [1.82, 2.24) is 10.6 Å². The molecule has 2 unspecified atom stereocenters. The molecule has 0 aromatic heterocycles. The second kappa shape index (κ2) is 9.89. The van der Waals surface area contributed by atoms with Gasteiger partial charge < -0.3 is 16.4 Å². The Morgan fingerprint density at radius 2 is 1.55 bits per heavy atom. The maximum Gasteiger partial charge on any atom is 0.312 e. The minimum atomic E-state index is -0.880. The van der Waals surface area contributed by atoms with Gasteiger partial charge in [0.15, 0.2) is 0 Å². The number of nitrogens with one attached hydrogen (secondary N) is 2. The average Bonchev–Trinajstić information content (AvgIpc) is 2.74. The molecule has 3 amide bonds. The first-order chi connectivity index (χ1) is 14.8. The number of carbonyl (C=O) groups is 2. The summed E-state index contributed by atoms with van der Waals surface area (Å²) in [5.74, 6) is -0.850. The van der Waals surface area contributed by atoms with Gasteiger partial charge in [0.25, 0.3) is 0 Å². The van der Waals surface area contributed by atoms with Crippen molar-refractivity contribution >= 4 is 11.9 Å². The molecule has 0 aliphatic heterocycles. The fraction of sp³-hybridized carbons (Fsp3) is 0.200. The highest BCUT2D eigenvalue weighted by atomic mass is 19.1. The lowest BCUT2D eigenvalue weighted by Crippen LogP contribution is -2.38. The zero-order valence-corrected chi connectivity index (χ0v) is 17.6. The standard InChI is InChI=1S/C25H26FN3O2/c1-16-12-13-19(14-17(16)2)24(18-8-4-3-5-9-18)29-23(30)15-22(28-25(27)31)20-10-6-7-11-21(20)26/h3-14,22,24H,15H2,1-2H3,(H,29,30)(H3,27,28,31). The van der Waals surface area contributed by atoms with E-state index in [2.05, 4.69) is 10.6 Å². The summed E-state index contributed by atoms with van der Waals surface area (Å²) in [6.07, 6.45) is -0.155. The summed E-state index contributed by atoms with van der Waals surface area (Å²) in [7, 11) is 0. The Bertz CT molecular complexity index is 1070. The van der Waals surface area contributed by atoms with Gasteiger partial charge in [-0.2, -0.15) is 0 Å². The lowest BCUT2D eigenvalue weighted by Gasteiger charge is -2.23. The Morgan fingerprint density at radius 1 is 0.871 bits per heavy atom. The van der Waals surface area contributed by atoms with Crippen LogP contribution in [0.3, 0.4) is 0 Å². The molecule has 0 bridgehead atoms. The molecule has 3 rings (SSSR count). The molecule has 160 valence electrons. The second-order valence-corrected chi connectivity index (χ2v) is 7.54. The topological polar surface area (TPSA) is 84.2 Å². The van der Waals surface area contributed by atoms with Gasteiger partial charge >= 0.3 is 6.03 Å². The van der Waals surface area contributed by atoms with E-state index in [-0.39, 0.29) is 23.9 Å². The quantitative estimate of drug-likeness (QED) is 0.529. The van der Waals surface area contributed by atoms with Gasteiger partial charge in [-0.1, -0.05) is 66.7 Å². The van der Waals surface area contributed by atoms with Gasteiger partial charge in [-0.15, -0.1) is 0 Å². The number of rotatable bonds is 7. The van der Waals surface area contributed by atoms with E-state index >= 15 is 0 Å². The molecule has 0 spiro atoms. The summed E-state index contributed by atoms with van der Waals surface area (Å²) in [6, 6.07) is 19.6. The zero-order valence-electron chi connectivity index (χ0n) is 17.6. The van der Waals surface area contributed by atoms with Crippen molar-refractivity contribution in [3.8, 4) is 0 Å². The van der Waals surface area contributed by atoms with Crippen molar-refractivity contribution in [2.24, 2.45) is 5.73 Å². The van der Waals surface area contributed by atoms with Crippen molar-refractivity contribution < 1.29 is 14.0 Å². The molecular formula is C25H26FN3O2. The number of primary amides is 1. The maximum atomic E-state index is 14.3. The van der Waals surface area contributed by atoms with Crippen molar-refractivity contribution in [3.05, 3.63) is 106 Å². The van der Waals surface area contributed by atoms with Gasteiger partial charge in [0.2, 0.25) is 5.91 Å². The molecule has 0 aliphatic rings. The third-order valence-electron chi connectivity index (χ3n) is 5.29. The van der Waals surface area contributed by atoms with E-state index in [0.29, 0.717) is 0 Å².